The normalized spacial score (nSPS) is 6.96. The maximum atomic E-state index is 8.52. The standard InChI is InChI=1S/3H2O4S.8H2O.2Sc/c3*1-5(2,3)4;;;;;;;;;;/h3*(H2,1,2,3,4);8*1H2;;/q;;;;;;;;;;;2*+3/p-6. The molecule has 0 spiro atoms. The third-order valence-electron chi connectivity index (χ3n) is 0. The summed E-state index contributed by atoms with van der Waals surface area (Å²) in [6.45, 7) is 0. The third-order valence-corrected chi connectivity index (χ3v) is 0. The molecule has 0 aromatic carbocycles. The van der Waals surface area contributed by atoms with Gasteiger partial charge in [-0.15, -0.1) is 0 Å². The molecule has 0 amide bonds. The van der Waals surface area contributed by atoms with Gasteiger partial charge in [-0.3, -0.25) is 25.3 Å². The zero-order chi connectivity index (χ0) is 13.5. The van der Waals surface area contributed by atoms with E-state index in [1.54, 1.807) is 0 Å². The first-order valence-electron chi connectivity index (χ1n) is 2.00. The first-order valence-corrected chi connectivity index (χ1v) is 6.00. The second kappa shape index (κ2) is 39.9. The van der Waals surface area contributed by atoms with E-state index in [1.165, 1.54) is 0 Å². The maximum absolute atomic E-state index is 8.52. The molecular weight excluding hydrogens is 506 g/mol. The molecule has 25 heteroatoms. The minimum absolute atomic E-state index is 0. The molecule has 0 atom stereocenters. The van der Waals surface area contributed by atoms with E-state index in [4.69, 9.17) is 52.6 Å². The van der Waals surface area contributed by atoms with Crippen molar-refractivity contribution in [1.29, 1.82) is 0 Å². The van der Waals surface area contributed by atoms with Crippen LogP contribution in [-0.4, -0.2) is 96.4 Å². The molecule has 25 heavy (non-hydrogen) atoms. The monoisotopic (exact) mass is 522 g/mol. The van der Waals surface area contributed by atoms with Crippen LogP contribution in [-0.2, 0) is 82.9 Å². The van der Waals surface area contributed by atoms with Crippen molar-refractivity contribution < 1.29 is 148 Å². The Kier molecular flexibility index (Phi) is 153. The van der Waals surface area contributed by atoms with Gasteiger partial charge < -0.3 is 71.1 Å². The molecule has 0 unspecified atom stereocenters. The molecule has 16 N–H and O–H groups in total. The van der Waals surface area contributed by atoms with Crippen LogP contribution < -0.4 is 0 Å². The molecule has 0 aliphatic heterocycles. The molecule has 0 aliphatic carbocycles. The van der Waals surface area contributed by atoms with Crippen molar-refractivity contribution in [1.82, 2.24) is 0 Å². The van der Waals surface area contributed by atoms with Crippen LogP contribution in [0.15, 0.2) is 0 Å². The van der Waals surface area contributed by atoms with Gasteiger partial charge in [0.05, 0.1) is 0 Å². The van der Waals surface area contributed by atoms with Crippen LogP contribution in [0.4, 0.5) is 0 Å². The Bertz CT molecular complexity index is 344. The minimum atomic E-state index is -5.17. The summed E-state index contributed by atoms with van der Waals surface area (Å²) in [5.74, 6) is 0. The molecule has 0 heterocycles. The first-order chi connectivity index (χ1) is 6.00. The van der Waals surface area contributed by atoms with Gasteiger partial charge in [-0.1, -0.05) is 0 Å². The van der Waals surface area contributed by atoms with Gasteiger partial charge in [0.2, 0.25) is 0 Å². The quantitative estimate of drug-likeness (QED) is 0.211. The molecule has 0 saturated carbocycles. The summed E-state index contributed by atoms with van der Waals surface area (Å²) in [7, 11) is -15.5. The van der Waals surface area contributed by atoms with E-state index in [0.29, 0.717) is 0 Å². The van der Waals surface area contributed by atoms with E-state index in [1.807, 2.05) is 0 Å². The fraction of sp³-hybridized carbons (Fsp3) is 0. The van der Waals surface area contributed by atoms with Gasteiger partial charge in [-0.2, -0.15) is 0 Å². The zero-order valence-electron chi connectivity index (χ0n) is 11.3. The Balaban J connectivity index is -0.00000000655. The summed E-state index contributed by atoms with van der Waals surface area (Å²) in [5, 5.41) is 0. The van der Waals surface area contributed by atoms with E-state index in [-0.39, 0.29) is 95.5 Å². The Morgan fingerprint density at radius 1 is 0.320 bits per heavy atom. The van der Waals surface area contributed by atoms with Crippen molar-refractivity contribution >= 4 is 31.2 Å². The van der Waals surface area contributed by atoms with Crippen molar-refractivity contribution in [3.63, 3.8) is 0 Å². The van der Waals surface area contributed by atoms with Crippen LogP contribution in [0.2, 0.25) is 0 Å². The van der Waals surface area contributed by atoms with E-state index >= 15 is 0 Å². The molecule has 0 aromatic rings. The topological polar surface area (TPSA) is 493 Å². The number of hydrogen-bond acceptors (Lipinski definition) is 12. The average molecular weight is 522 g/mol. The van der Waals surface area contributed by atoms with Crippen molar-refractivity contribution in [2.75, 3.05) is 0 Å². The van der Waals surface area contributed by atoms with Gasteiger partial charge in [-0.05, 0) is 0 Å². The zero-order valence-corrected chi connectivity index (χ0v) is 17.3. The molecule has 0 rings (SSSR count). The van der Waals surface area contributed by atoms with E-state index < -0.39 is 31.2 Å². The Morgan fingerprint density at radius 3 is 0.320 bits per heavy atom. The van der Waals surface area contributed by atoms with Gasteiger partial charge >= 0.3 is 51.7 Å². The maximum Gasteiger partial charge on any atom is 3.00 e. The average Bonchev–Trinajstić information content (AvgIpc) is 1.41. The van der Waals surface area contributed by atoms with Crippen molar-refractivity contribution in [2.24, 2.45) is 0 Å². The fourth-order valence-electron chi connectivity index (χ4n) is 0. The molecule has 20 nitrogen and oxygen atoms in total. The molecular formula is H16O20S3Sc2. The summed E-state index contributed by atoms with van der Waals surface area (Å²) in [6.07, 6.45) is 0. The molecule has 160 valence electrons. The SMILES string of the molecule is O.O.O.O.O.O.O.O.O=S(=O)([O-])[O-].O=S(=O)([O-])[O-].O=S(=O)([O-])[O-].[Sc+3].[Sc+3]. The van der Waals surface area contributed by atoms with E-state index in [9.17, 15) is 0 Å². The number of hydrogen-bond donors (Lipinski definition) is 0. The predicted octanol–water partition coefficient (Wildman–Crippen LogP) is -10.6. The van der Waals surface area contributed by atoms with E-state index in [2.05, 4.69) is 0 Å². The summed E-state index contributed by atoms with van der Waals surface area (Å²) in [4.78, 5) is 0. The largest absolute Gasteiger partial charge is 3.00 e. The third kappa shape index (κ3) is 12500. The van der Waals surface area contributed by atoms with Crippen LogP contribution in [0.25, 0.3) is 0 Å². The second-order valence-corrected chi connectivity index (χ2v) is 3.67. The summed E-state index contributed by atoms with van der Waals surface area (Å²) < 4.78 is 102. The first kappa shape index (κ1) is 96.1. The van der Waals surface area contributed by atoms with Gasteiger partial charge in [0.1, 0.15) is 0 Å². The summed E-state index contributed by atoms with van der Waals surface area (Å²) in [5.41, 5.74) is 0. The molecule has 0 aliphatic rings. The van der Waals surface area contributed by atoms with Crippen LogP contribution in [0.5, 0.6) is 0 Å². The van der Waals surface area contributed by atoms with Gasteiger partial charge in [0.15, 0.2) is 0 Å². The Labute approximate surface area is 178 Å². The summed E-state index contributed by atoms with van der Waals surface area (Å²) in [6, 6.07) is 0. The molecule has 0 aromatic heterocycles. The van der Waals surface area contributed by atoms with Crippen molar-refractivity contribution in [3.8, 4) is 0 Å². The smallest absolute Gasteiger partial charge is 0.759 e. The van der Waals surface area contributed by atoms with Gasteiger partial charge in [0, 0.05) is 31.2 Å². The van der Waals surface area contributed by atoms with Crippen LogP contribution >= 0.6 is 0 Å². The summed E-state index contributed by atoms with van der Waals surface area (Å²) >= 11 is 0. The Morgan fingerprint density at radius 2 is 0.320 bits per heavy atom. The van der Waals surface area contributed by atoms with E-state index in [0.717, 1.165) is 0 Å². The van der Waals surface area contributed by atoms with Crippen LogP contribution in [0, 0.1) is 0 Å². The second-order valence-electron chi connectivity index (χ2n) is 1.22. The molecule has 0 radical (unpaired) electrons. The van der Waals surface area contributed by atoms with Gasteiger partial charge in [0.25, 0.3) is 0 Å². The molecule has 0 saturated heterocycles. The van der Waals surface area contributed by atoms with Crippen molar-refractivity contribution in [2.45, 2.75) is 0 Å². The molecule has 0 fully saturated rings. The van der Waals surface area contributed by atoms with Crippen molar-refractivity contribution in [3.05, 3.63) is 0 Å². The molecule has 0 bridgehead atoms. The Hall–Kier alpha value is 1.03. The predicted molar refractivity (Wildman–Crippen MR) is 60.3 cm³/mol. The number of rotatable bonds is 0. The minimum Gasteiger partial charge on any atom is -0.759 e. The van der Waals surface area contributed by atoms with Crippen LogP contribution in [0.1, 0.15) is 0 Å². The fourth-order valence-corrected chi connectivity index (χ4v) is 0. The van der Waals surface area contributed by atoms with Gasteiger partial charge in [-0.25, -0.2) is 0 Å². The van der Waals surface area contributed by atoms with Crippen LogP contribution in [0.3, 0.4) is 0 Å².